The second-order valence-electron chi connectivity index (χ2n) is 3.96. The largest absolute Gasteiger partial charge is 0.480 e. The number of hydrogen-bond acceptors (Lipinski definition) is 4. The van der Waals surface area contributed by atoms with Gasteiger partial charge in [-0.15, -0.1) is 11.3 Å². The van der Waals surface area contributed by atoms with E-state index < -0.39 is 18.0 Å². The standard InChI is InChI=1S/C10H15N3O3S/c1-6(2)5-7(8(14)15)12-9(16)13-10-11-3-4-17-10/h3-4,6-7H,5H2,1-2H3,(H,14,15)(H2,11,12,13,16)/t7-/m1/s1. The van der Waals surface area contributed by atoms with Gasteiger partial charge in [-0.25, -0.2) is 14.6 Å². The number of aliphatic carboxylic acids is 1. The molecule has 1 rings (SSSR count). The number of carboxylic acids is 1. The van der Waals surface area contributed by atoms with E-state index in [4.69, 9.17) is 5.11 Å². The number of amides is 2. The smallest absolute Gasteiger partial charge is 0.326 e. The Labute approximate surface area is 103 Å². The molecule has 0 unspecified atom stereocenters. The van der Waals surface area contributed by atoms with Gasteiger partial charge in [-0.1, -0.05) is 13.8 Å². The Kier molecular flexibility index (Phi) is 4.89. The first kappa shape index (κ1) is 13.4. The second kappa shape index (κ2) is 6.19. The first-order chi connectivity index (χ1) is 7.99. The molecule has 0 aliphatic carbocycles. The summed E-state index contributed by atoms with van der Waals surface area (Å²) in [5.74, 6) is -0.843. The van der Waals surface area contributed by atoms with Crippen LogP contribution in [0.5, 0.6) is 0 Å². The summed E-state index contributed by atoms with van der Waals surface area (Å²) < 4.78 is 0. The summed E-state index contributed by atoms with van der Waals surface area (Å²) in [6.07, 6.45) is 1.95. The zero-order valence-electron chi connectivity index (χ0n) is 9.64. The number of carbonyl (C=O) groups excluding carboxylic acids is 1. The molecule has 0 saturated heterocycles. The van der Waals surface area contributed by atoms with Crippen LogP contribution in [-0.4, -0.2) is 28.1 Å². The third-order valence-corrected chi connectivity index (χ3v) is 2.65. The summed E-state index contributed by atoms with van der Waals surface area (Å²) in [4.78, 5) is 26.3. The highest BCUT2D eigenvalue weighted by Gasteiger charge is 2.21. The van der Waals surface area contributed by atoms with E-state index in [0.717, 1.165) is 0 Å². The van der Waals surface area contributed by atoms with Gasteiger partial charge in [0, 0.05) is 11.6 Å². The molecule has 0 aromatic carbocycles. The first-order valence-corrected chi connectivity index (χ1v) is 6.07. The number of thiazole rings is 1. The number of carbonyl (C=O) groups is 2. The van der Waals surface area contributed by atoms with Gasteiger partial charge in [0.25, 0.3) is 0 Å². The van der Waals surface area contributed by atoms with Crippen LogP contribution in [-0.2, 0) is 4.79 Å². The topological polar surface area (TPSA) is 91.3 Å². The predicted molar refractivity (Wildman–Crippen MR) is 65.1 cm³/mol. The highest BCUT2D eigenvalue weighted by atomic mass is 32.1. The molecule has 2 amide bonds. The molecule has 6 nitrogen and oxygen atoms in total. The normalized spacial score (nSPS) is 12.2. The average molecular weight is 257 g/mol. The minimum atomic E-state index is -1.03. The molecule has 3 N–H and O–H groups in total. The minimum Gasteiger partial charge on any atom is -0.480 e. The van der Waals surface area contributed by atoms with Crippen LogP contribution < -0.4 is 10.6 Å². The summed E-state index contributed by atoms with van der Waals surface area (Å²) in [5.41, 5.74) is 0. The quantitative estimate of drug-likeness (QED) is 0.749. The van der Waals surface area contributed by atoms with E-state index >= 15 is 0 Å². The molecule has 0 fully saturated rings. The highest BCUT2D eigenvalue weighted by Crippen LogP contribution is 2.10. The Balaban J connectivity index is 2.49. The molecule has 0 bridgehead atoms. The van der Waals surface area contributed by atoms with Crippen LogP contribution in [0.4, 0.5) is 9.93 Å². The summed E-state index contributed by atoms with van der Waals surface area (Å²) in [7, 11) is 0. The molecular weight excluding hydrogens is 242 g/mol. The fourth-order valence-electron chi connectivity index (χ4n) is 1.27. The molecule has 1 atom stereocenters. The molecule has 0 spiro atoms. The van der Waals surface area contributed by atoms with E-state index in [2.05, 4.69) is 15.6 Å². The molecule has 1 aromatic rings. The van der Waals surface area contributed by atoms with Crippen LogP contribution in [0.15, 0.2) is 11.6 Å². The van der Waals surface area contributed by atoms with Crippen molar-refractivity contribution in [2.45, 2.75) is 26.3 Å². The van der Waals surface area contributed by atoms with Crippen LogP contribution in [0.2, 0.25) is 0 Å². The molecule has 7 heteroatoms. The zero-order valence-corrected chi connectivity index (χ0v) is 10.5. The first-order valence-electron chi connectivity index (χ1n) is 5.19. The lowest BCUT2D eigenvalue weighted by molar-refractivity contribution is -0.139. The van der Waals surface area contributed by atoms with Gasteiger partial charge in [0.2, 0.25) is 0 Å². The van der Waals surface area contributed by atoms with Gasteiger partial charge in [0.15, 0.2) is 5.13 Å². The maximum atomic E-state index is 11.5. The fourth-order valence-corrected chi connectivity index (χ4v) is 1.79. The molecule has 1 aromatic heterocycles. The minimum absolute atomic E-state index is 0.191. The Morgan fingerprint density at radius 1 is 1.53 bits per heavy atom. The van der Waals surface area contributed by atoms with Crippen molar-refractivity contribution < 1.29 is 14.7 Å². The zero-order chi connectivity index (χ0) is 12.8. The van der Waals surface area contributed by atoms with Crippen LogP contribution in [0.1, 0.15) is 20.3 Å². The lowest BCUT2D eigenvalue weighted by Crippen LogP contribution is -2.43. The van der Waals surface area contributed by atoms with Crippen molar-refractivity contribution in [1.82, 2.24) is 10.3 Å². The molecule has 0 aliphatic rings. The Bertz CT molecular complexity index is 378. The van der Waals surface area contributed by atoms with E-state index in [-0.39, 0.29) is 5.92 Å². The van der Waals surface area contributed by atoms with Gasteiger partial charge in [0.1, 0.15) is 6.04 Å². The molecule has 0 aliphatic heterocycles. The van der Waals surface area contributed by atoms with Crippen molar-refractivity contribution in [1.29, 1.82) is 0 Å². The van der Waals surface area contributed by atoms with Gasteiger partial charge in [0.05, 0.1) is 0 Å². The number of urea groups is 1. The maximum absolute atomic E-state index is 11.5. The summed E-state index contributed by atoms with van der Waals surface area (Å²) in [6.45, 7) is 3.80. The van der Waals surface area contributed by atoms with E-state index in [1.807, 2.05) is 13.8 Å². The summed E-state index contributed by atoms with van der Waals surface area (Å²) in [6, 6.07) is -1.43. The van der Waals surface area contributed by atoms with Gasteiger partial charge < -0.3 is 10.4 Å². The molecule has 1 heterocycles. The highest BCUT2D eigenvalue weighted by molar-refractivity contribution is 7.13. The number of anilines is 1. The third kappa shape index (κ3) is 4.81. The number of hydrogen-bond donors (Lipinski definition) is 3. The third-order valence-electron chi connectivity index (χ3n) is 1.96. The lowest BCUT2D eigenvalue weighted by atomic mass is 10.0. The van der Waals surface area contributed by atoms with Crippen molar-refractivity contribution in [2.75, 3.05) is 5.32 Å². The predicted octanol–water partition coefficient (Wildman–Crippen LogP) is 1.76. The van der Waals surface area contributed by atoms with Crippen molar-refractivity contribution in [3.63, 3.8) is 0 Å². The van der Waals surface area contributed by atoms with Gasteiger partial charge in [-0.2, -0.15) is 0 Å². The second-order valence-corrected chi connectivity index (χ2v) is 4.85. The average Bonchev–Trinajstić information content (AvgIpc) is 2.68. The van der Waals surface area contributed by atoms with E-state index in [0.29, 0.717) is 11.6 Å². The SMILES string of the molecule is CC(C)C[C@@H](NC(=O)Nc1nccs1)C(=O)O. The molecule has 0 saturated carbocycles. The number of carboxylic acid groups (broad SMARTS) is 1. The van der Waals surface area contributed by atoms with Crippen LogP contribution >= 0.6 is 11.3 Å². The van der Waals surface area contributed by atoms with E-state index in [9.17, 15) is 9.59 Å². The van der Waals surface area contributed by atoms with Gasteiger partial charge in [-0.3, -0.25) is 5.32 Å². The summed E-state index contributed by atoms with van der Waals surface area (Å²) >= 11 is 1.27. The van der Waals surface area contributed by atoms with E-state index in [1.54, 1.807) is 11.6 Å². The Hall–Kier alpha value is -1.63. The summed E-state index contributed by atoms with van der Waals surface area (Å²) in [5, 5.41) is 16.0. The van der Waals surface area contributed by atoms with Crippen molar-refractivity contribution in [3.8, 4) is 0 Å². The number of rotatable bonds is 5. The maximum Gasteiger partial charge on any atom is 0.326 e. The van der Waals surface area contributed by atoms with Crippen molar-refractivity contribution >= 4 is 28.5 Å². The molecular formula is C10H15N3O3S. The van der Waals surface area contributed by atoms with Crippen molar-refractivity contribution in [3.05, 3.63) is 11.6 Å². The van der Waals surface area contributed by atoms with E-state index in [1.165, 1.54) is 11.3 Å². The van der Waals surface area contributed by atoms with Crippen molar-refractivity contribution in [2.24, 2.45) is 5.92 Å². The number of nitrogens with zero attached hydrogens (tertiary/aromatic N) is 1. The lowest BCUT2D eigenvalue weighted by Gasteiger charge is -2.16. The van der Waals surface area contributed by atoms with Crippen LogP contribution in [0, 0.1) is 5.92 Å². The monoisotopic (exact) mass is 257 g/mol. The van der Waals surface area contributed by atoms with Crippen LogP contribution in [0.25, 0.3) is 0 Å². The van der Waals surface area contributed by atoms with Gasteiger partial charge >= 0.3 is 12.0 Å². The number of aromatic nitrogens is 1. The molecule has 0 radical (unpaired) electrons. The molecule has 94 valence electrons. The van der Waals surface area contributed by atoms with Crippen LogP contribution in [0.3, 0.4) is 0 Å². The molecule has 17 heavy (non-hydrogen) atoms. The Morgan fingerprint density at radius 2 is 2.24 bits per heavy atom. The Morgan fingerprint density at radius 3 is 2.71 bits per heavy atom. The van der Waals surface area contributed by atoms with Gasteiger partial charge in [-0.05, 0) is 12.3 Å². The number of nitrogens with one attached hydrogen (secondary N) is 2. The fraction of sp³-hybridized carbons (Fsp3) is 0.500.